The number of carbonyl (C=O) groups excluding carboxylic acids is 4. The summed E-state index contributed by atoms with van der Waals surface area (Å²) < 4.78 is 19.9. The normalized spacial score (nSPS) is 12.6. The van der Waals surface area contributed by atoms with Crippen molar-refractivity contribution in [2.45, 2.75) is 146 Å². The average Bonchev–Trinajstić information content (AvgIpc) is 3.10. The van der Waals surface area contributed by atoms with E-state index in [1.807, 2.05) is 120 Å². The Balaban J connectivity index is -0.000000121. The lowest BCUT2D eigenvalue weighted by Crippen LogP contribution is -2.42. The van der Waals surface area contributed by atoms with Gasteiger partial charge in [0.1, 0.15) is 29.6 Å². The van der Waals surface area contributed by atoms with Gasteiger partial charge in [0.15, 0.2) is 0 Å². The zero-order chi connectivity index (χ0) is 42.3. The molecule has 0 spiro atoms. The molecule has 0 saturated heterocycles. The van der Waals surface area contributed by atoms with E-state index in [4.69, 9.17) is 30.5 Å². The van der Waals surface area contributed by atoms with E-state index in [0.29, 0.717) is 6.54 Å². The summed E-state index contributed by atoms with van der Waals surface area (Å²) >= 11 is 5.29. The number of alkyl carbamates (subject to hydrolysis) is 4. The lowest BCUT2D eigenvalue weighted by molar-refractivity contribution is 0.0964. The summed E-state index contributed by atoms with van der Waals surface area (Å²) in [4.78, 5) is 44.3. The minimum Gasteiger partial charge on any atom is -0.447 e. The molecule has 0 aliphatic heterocycles. The van der Waals surface area contributed by atoms with Crippen molar-refractivity contribution in [3.05, 3.63) is 78.1 Å². The third-order valence-corrected chi connectivity index (χ3v) is 7.32. The molecule has 13 heteroatoms. The molecule has 0 saturated carbocycles. The van der Waals surface area contributed by atoms with E-state index < -0.39 is 17.7 Å². The number of carbonyl (C=O) groups is 4. The summed E-state index contributed by atoms with van der Waals surface area (Å²) in [6.45, 7) is 32.6. The molecule has 4 unspecified atom stereocenters. The maximum Gasteiger partial charge on any atom is 0.412 e. The molecule has 0 radical (unpaired) electrons. The molecule has 0 bridgehead atoms. The van der Waals surface area contributed by atoms with Gasteiger partial charge >= 0.3 is 24.4 Å². The van der Waals surface area contributed by atoms with Gasteiger partial charge in [0.2, 0.25) is 0 Å². The quantitative estimate of drug-likeness (QED) is 0.0778. The third kappa shape index (κ3) is 31.1. The van der Waals surface area contributed by atoms with Crippen molar-refractivity contribution in [1.82, 2.24) is 21.3 Å². The third-order valence-electron chi connectivity index (χ3n) is 7.23. The highest BCUT2D eigenvalue weighted by atomic mass is 35.5. The topological polar surface area (TPSA) is 153 Å². The minimum atomic E-state index is -0.556. The average molecular weight is 790 g/mol. The molecule has 316 valence electrons. The first-order chi connectivity index (χ1) is 25.2. The minimum absolute atomic E-state index is 0. The number of allylic oxidation sites excluding steroid dienone is 3. The van der Waals surface area contributed by atoms with Crippen LogP contribution >= 0.6 is 11.6 Å². The lowest BCUT2D eigenvalue weighted by atomic mass is 9.92. The zero-order valence-corrected chi connectivity index (χ0v) is 35.8. The van der Waals surface area contributed by atoms with E-state index >= 15 is 0 Å². The molecule has 1 aromatic carbocycles. The summed E-state index contributed by atoms with van der Waals surface area (Å²) in [6.07, 6.45) is 8.42. The van der Waals surface area contributed by atoms with Crippen LogP contribution in [0.4, 0.5) is 19.2 Å². The maximum absolute atomic E-state index is 11.9. The lowest BCUT2D eigenvalue weighted by Gasteiger charge is -2.27. The number of nitrogens with one attached hydrogen (secondary N) is 4. The number of hydrogen-bond donors (Lipinski definition) is 4. The SMILES string of the molecule is C/C=C/CNC(=O)OC(C)CC.C/C=C/NC(=O)OC(C)CC.C=C(C)c1cccc(C(C)(C)NC(=O)OC(C)CC)c1.C=C(Cl)NC(=O)OC(C)CC.[HH].[HH].[HH].[HH]. The Morgan fingerprint density at radius 1 is 0.778 bits per heavy atom. The van der Waals surface area contributed by atoms with Gasteiger partial charge in [-0.3, -0.25) is 10.6 Å². The summed E-state index contributed by atoms with van der Waals surface area (Å²) in [5.74, 6) is 0. The predicted octanol–water partition coefficient (Wildman–Crippen LogP) is 11.8. The monoisotopic (exact) mass is 789 g/mol. The van der Waals surface area contributed by atoms with Gasteiger partial charge in [0.25, 0.3) is 0 Å². The Hall–Kier alpha value is -4.45. The van der Waals surface area contributed by atoms with Gasteiger partial charge < -0.3 is 29.6 Å². The van der Waals surface area contributed by atoms with Gasteiger partial charge in [0, 0.05) is 18.5 Å². The summed E-state index contributed by atoms with van der Waals surface area (Å²) in [5.41, 5.74) is 2.62. The van der Waals surface area contributed by atoms with Gasteiger partial charge in [-0.1, -0.05) is 94.5 Å². The molecule has 12 nitrogen and oxygen atoms in total. The van der Waals surface area contributed by atoms with Crippen molar-refractivity contribution in [1.29, 1.82) is 0 Å². The van der Waals surface area contributed by atoms with E-state index in [-0.39, 0.29) is 47.5 Å². The smallest absolute Gasteiger partial charge is 0.412 e. The number of amides is 4. The second kappa shape index (κ2) is 32.0. The molecule has 0 heterocycles. The van der Waals surface area contributed by atoms with E-state index in [2.05, 4.69) is 34.4 Å². The van der Waals surface area contributed by atoms with Crippen LogP contribution in [-0.4, -0.2) is 55.3 Å². The van der Waals surface area contributed by atoms with Crippen LogP contribution in [0.25, 0.3) is 5.57 Å². The van der Waals surface area contributed by atoms with Crippen LogP contribution in [0, 0.1) is 0 Å². The van der Waals surface area contributed by atoms with Crippen LogP contribution in [0.15, 0.2) is 67.0 Å². The van der Waals surface area contributed by atoms with Gasteiger partial charge in [-0.25, -0.2) is 19.2 Å². The van der Waals surface area contributed by atoms with Crippen LogP contribution in [-0.2, 0) is 24.5 Å². The molecule has 1 rings (SSSR count). The van der Waals surface area contributed by atoms with Crippen molar-refractivity contribution in [2.75, 3.05) is 6.54 Å². The molecule has 0 aromatic heterocycles. The largest absolute Gasteiger partial charge is 0.447 e. The zero-order valence-electron chi connectivity index (χ0n) is 35.0. The van der Waals surface area contributed by atoms with Crippen molar-refractivity contribution < 1.29 is 43.8 Å². The highest BCUT2D eigenvalue weighted by Gasteiger charge is 2.24. The van der Waals surface area contributed by atoms with Gasteiger partial charge in [-0.05, 0) is 105 Å². The maximum atomic E-state index is 11.9. The Kier molecular flexibility index (Phi) is 32.0. The second-order valence-corrected chi connectivity index (χ2v) is 13.2. The molecule has 0 fully saturated rings. The van der Waals surface area contributed by atoms with Crippen LogP contribution in [0.5, 0.6) is 0 Å². The van der Waals surface area contributed by atoms with Crippen LogP contribution in [0.3, 0.4) is 0 Å². The summed E-state index contributed by atoms with van der Waals surface area (Å²) in [6, 6.07) is 8.03. The first-order valence-electron chi connectivity index (χ1n) is 18.4. The van der Waals surface area contributed by atoms with Gasteiger partial charge in [-0.15, -0.1) is 0 Å². The Labute approximate surface area is 336 Å². The first kappa shape index (κ1) is 53.9. The highest BCUT2D eigenvalue weighted by Crippen LogP contribution is 2.23. The van der Waals surface area contributed by atoms with Crippen LogP contribution in [0.2, 0.25) is 0 Å². The van der Waals surface area contributed by atoms with Crippen LogP contribution in [0.1, 0.15) is 133 Å². The number of benzene rings is 1. The van der Waals surface area contributed by atoms with Crippen molar-refractivity contribution in [3.8, 4) is 0 Å². The molecule has 54 heavy (non-hydrogen) atoms. The number of ether oxygens (including phenoxy) is 4. The fourth-order valence-corrected chi connectivity index (χ4v) is 3.30. The number of halogens is 1. The van der Waals surface area contributed by atoms with Crippen molar-refractivity contribution in [3.63, 3.8) is 0 Å². The summed E-state index contributed by atoms with van der Waals surface area (Å²) in [7, 11) is 0. The van der Waals surface area contributed by atoms with Gasteiger partial charge in [-0.2, -0.15) is 0 Å². The van der Waals surface area contributed by atoms with E-state index in [1.165, 1.54) is 0 Å². The number of hydrogen-bond acceptors (Lipinski definition) is 8. The molecule has 4 N–H and O–H groups in total. The molecule has 4 amide bonds. The second-order valence-electron chi connectivity index (χ2n) is 12.7. The Morgan fingerprint density at radius 2 is 1.24 bits per heavy atom. The molecular formula is C41H77ClN4O8. The number of rotatable bonds is 15. The van der Waals surface area contributed by atoms with E-state index in [0.717, 1.165) is 42.4 Å². The van der Waals surface area contributed by atoms with Crippen molar-refractivity contribution >= 4 is 41.5 Å². The highest BCUT2D eigenvalue weighted by molar-refractivity contribution is 6.29. The predicted molar refractivity (Wildman–Crippen MR) is 230 cm³/mol. The fraction of sp³-hybridized carbons (Fsp3) is 0.561. The Morgan fingerprint density at radius 3 is 1.67 bits per heavy atom. The Bertz CT molecular complexity index is 1340. The van der Waals surface area contributed by atoms with E-state index in [9.17, 15) is 19.2 Å². The molecule has 1 aromatic rings. The fourth-order valence-electron chi connectivity index (χ4n) is 3.22. The van der Waals surface area contributed by atoms with Gasteiger partial charge in [0.05, 0.1) is 5.54 Å². The molecule has 4 atom stereocenters. The van der Waals surface area contributed by atoms with E-state index in [1.54, 1.807) is 19.2 Å². The molecule has 0 aliphatic rings. The molecule has 0 aliphatic carbocycles. The first-order valence-corrected chi connectivity index (χ1v) is 18.8. The standard InChI is InChI=1S/C17H25NO2.C9H17NO2.C8H15NO2.C7H12ClNO2.4H2/c1-7-13(4)20-16(19)18-17(5,6)15-10-8-9-14(11-15)12(2)3;1-4-6-7-10-9(11)12-8(3)5-2;1-4-6-9-8(10)11-7(3)5-2;1-4-5(2)11-7(10)9-6(3)8;;;;/h8-11,13H,2,7H2,1,3-6H3,(H,18,19);4,6,8H,5,7H2,1-3H3,(H,10,11);4,6-7H,5H2,1-3H3,(H,9,10);5H,3-4H2,1-2H3,(H,9,10);4*1H/b;2*6-4+;;;;;. The summed E-state index contributed by atoms with van der Waals surface area (Å²) in [5, 5.41) is 10.3. The van der Waals surface area contributed by atoms with Crippen LogP contribution < -0.4 is 21.3 Å². The molecular weight excluding hydrogens is 712 g/mol. The van der Waals surface area contributed by atoms with Crippen molar-refractivity contribution in [2.24, 2.45) is 0 Å².